The minimum absolute atomic E-state index is 0.308. The van der Waals surface area contributed by atoms with Crippen molar-refractivity contribution in [1.82, 2.24) is 9.78 Å². The van der Waals surface area contributed by atoms with Gasteiger partial charge in [0.25, 0.3) is 0 Å². The first-order chi connectivity index (χ1) is 9.43. The van der Waals surface area contributed by atoms with Crippen molar-refractivity contribution in [2.75, 3.05) is 0 Å². The van der Waals surface area contributed by atoms with Crippen LogP contribution in [0.1, 0.15) is 30.0 Å². The largest absolute Gasteiger partial charge is 0.388 e. The zero-order valence-electron chi connectivity index (χ0n) is 11.2. The first-order valence-electron chi connectivity index (χ1n) is 6.28. The van der Waals surface area contributed by atoms with Gasteiger partial charge in [-0.3, -0.25) is 4.68 Å². The number of aliphatic hydroxyl groups excluding tert-OH is 1. The van der Waals surface area contributed by atoms with Gasteiger partial charge >= 0.3 is 0 Å². The highest BCUT2D eigenvalue weighted by Gasteiger charge is 2.19. The van der Waals surface area contributed by atoms with E-state index in [2.05, 4.69) is 5.10 Å². The molecular formula is C14H15ClFIN2O. The third-order valence-corrected chi connectivity index (χ3v) is 4.59. The number of hydrogen-bond donors (Lipinski definition) is 1. The second-order valence-corrected chi connectivity index (χ2v) is 6.09. The lowest BCUT2D eigenvalue weighted by molar-refractivity contribution is 0.174. The molecule has 3 nitrogen and oxygen atoms in total. The molecule has 0 amide bonds. The van der Waals surface area contributed by atoms with Crippen molar-refractivity contribution in [3.8, 4) is 0 Å². The fourth-order valence-electron chi connectivity index (χ4n) is 2.13. The summed E-state index contributed by atoms with van der Waals surface area (Å²) in [6.07, 6.45) is -0.379. The molecule has 0 radical (unpaired) electrons. The molecule has 0 bridgehead atoms. The number of benzene rings is 1. The molecule has 0 aliphatic rings. The molecule has 0 saturated heterocycles. The molecule has 108 valence electrons. The quantitative estimate of drug-likeness (QED) is 0.780. The number of rotatable bonds is 4. The summed E-state index contributed by atoms with van der Waals surface area (Å²) in [7, 11) is 0. The molecule has 1 atom stereocenters. The zero-order valence-corrected chi connectivity index (χ0v) is 14.1. The summed E-state index contributed by atoms with van der Waals surface area (Å²) in [6.45, 7) is 4.50. The number of aromatic nitrogens is 2. The maximum absolute atomic E-state index is 13.1. The lowest BCUT2D eigenvalue weighted by atomic mass is 10.0. The molecule has 0 aliphatic heterocycles. The van der Waals surface area contributed by atoms with Crippen LogP contribution in [-0.2, 0) is 13.0 Å². The Morgan fingerprint density at radius 2 is 2.20 bits per heavy atom. The standard InChI is InChI=1S/C14H15ClFIN2O/c1-3-19-12(14(15)8(2)18-19)7-13(20)10-5-4-9(16)6-11(10)17/h4-6,13,20H,3,7H2,1-2H3. The van der Waals surface area contributed by atoms with E-state index in [0.29, 0.717) is 27.1 Å². The van der Waals surface area contributed by atoms with E-state index in [4.69, 9.17) is 11.6 Å². The summed E-state index contributed by atoms with van der Waals surface area (Å²) in [5, 5.41) is 15.3. The van der Waals surface area contributed by atoms with Crippen molar-refractivity contribution < 1.29 is 9.50 Å². The van der Waals surface area contributed by atoms with E-state index in [1.54, 1.807) is 10.7 Å². The second kappa shape index (κ2) is 6.41. The molecule has 2 rings (SSSR count). The number of aliphatic hydroxyl groups is 1. The van der Waals surface area contributed by atoms with E-state index in [0.717, 1.165) is 11.4 Å². The number of nitrogens with zero attached hydrogens (tertiary/aromatic N) is 2. The van der Waals surface area contributed by atoms with Crippen LogP contribution in [-0.4, -0.2) is 14.9 Å². The molecule has 2 aromatic rings. The van der Waals surface area contributed by atoms with Crippen LogP contribution in [0.2, 0.25) is 5.02 Å². The highest BCUT2D eigenvalue weighted by Crippen LogP contribution is 2.28. The van der Waals surface area contributed by atoms with Crippen molar-refractivity contribution in [3.63, 3.8) is 0 Å². The molecule has 0 spiro atoms. The molecule has 0 aliphatic carbocycles. The fourth-order valence-corrected chi connectivity index (χ4v) is 3.18. The molecule has 0 fully saturated rings. The van der Waals surface area contributed by atoms with E-state index >= 15 is 0 Å². The van der Waals surface area contributed by atoms with E-state index in [1.807, 2.05) is 36.4 Å². The first kappa shape index (κ1) is 15.7. The molecule has 1 aromatic carbocycles. The molecule has 6 heteroatoms. The van der Waals surface area contributed by atoms with Crippen molar-refractivity contribution in [3.05, 3.63) is 49.6 Å². The topological polar surface area (TPSA) is 38.0 Å². The highest BCUT2D eigenvalue weighted by molar-refractivity contribution is 14.1. The summed E-state index contributed by atoms with van der Waals surface area (Å²) >= 11 is 8.25. The average Bonchev–Trinajstić information content (AvgIpc) is 2.66. The Bertz CT molecular complexity index is 630. The third-order valence-electron chi connectivity index (χ3n) is 3.16. The SMILES string of the molecule is CCn1nc(C)c(Cl)c1CC(O)c1ccc(F)cc1I. The maximum atomic E-state index is 13.1. The van der Waals surface area contributed by atoms with Crippen LogP contribution in [0.25, 0.3) is 0 Å². The summed E-state index contributed by atoms with van der Waals surface area (Å²) < 4.78 is 15.6. The van der Waals surface area contributed by atoms with Crippen LogP contribution in [0.15, 0.2) is 18.2 Å². The summed E-state index contributed by atoms with van der Waals surface area (Å²) in [5.74, 6) is -0.308. The van der Waals surface area contributed by atoms with Gasteiger partial charge in [0.15, 0.2) is 0 Å². The Kier molecular flexibility index (Phi) is 5.04. The van der Waals surface area contributed by atoms with Crippen LogP contribution in [0.3, 0.4) is 0 Å². The van der Waals surface area contributed by atoms with Gasteiger partial charge in [0.05, 0.1) is 22.5 Å². The Labute approximate surface area is 135 Å². The summed E-state index contributed by atoms with van der Waals surface area (Å²) in [4.78, 5) is 0. The Morgan fingerprint density at radius 1 is 1.50 bits per heavy atom. The summed E-state index contributed by atoms with van der Waals surface area (Å²) in [6, 6.07) is 4.36. The maximum Gasteiger partial charge on any atom is 0.124 e. The third kappa shape index (κ3) is 3.15. The predicted octanol–water partition coefficient (Wildman–Crippen LogP) is 3.88. The summed E-state index contributed by atoms with van der Waals surface area (Å²) in [5.41, 5.74) is 2.26. The number of halogens is 3. The monoisotopic (exact) mass is 408 g/mol. The molecule has 0 saturated carbocycles. The molecule has 1 unspecified atom stereocenters. The fraction of sp³-hybridized carbons (Fsp3) is 0.357. The van der Waals surface area contributed by atoms with Crippen molar-refractivity contribution >= 4 is 34.2 Å². The average molecular weight is 409 g/mol. The first-order valence-corrected chi connectivity index (χ1v) is 7.74. The molecular weight excluding hydrogens is 394 g/mol. The Balaban J connectivity index is 2.30. The van der Waals surface area contributed by atoms with E-state index in [-0.39, 0.29) is 5.82 Å². The lowest BCUT2D eigenvalue weighted by Gasteiger charge is -2.14. The van der Waals surface area contributed by atoms with E-state index < -0.39 is 6.10 Å². The van der Waals surface area contributed by atoms with Gasteiger partial charge < -0.3 is 5.11 Å². The van der Waals surface area contributed by atoms with Crippen LogP contribution in [0.5, 0.6) is 0 Å². The predicted molar refractivity (Wildman–Crippen MR) is 85.4 cm³/mol. The second-order valence-electron chi connectivity index (χ2n) is 4.55. The van der Waals surface area contributed by atoms with Crippen LogP contribution >= 0.6 is 34.2 Å². The van der Waals surface area contributed by atoms with Gasteiger partial charge in [0.1, 0.15) is 5.82 Å². The number of hydrogen-bond acceptors (Lipinski definition) is 2. The highest BCUT2D eigenvalue weighted by atomic mass is 127. The van der Waals surface area contributed by atoms with Crippen LogP contribution in [0, 0.1) is 16.3 Å². The zero-order chi connectivity index (χ0) is 14.9. The van der Waals surface area contributed by atoms with E-state index in [9.17, 15) is 9.50 Å². The van der Waals surface area contributed by atoms with Gasteiger partial charge in [-0.15, -0.1) is 0 Å². The lowest BCUT2D eigenvalue weighted by Crippen LogP contribution is -2.10. The van der Waals surface area contributed by atoms with Crippen molar-refractivity contribution in [1.29, 1.82) is 0 Å². The van der Waals surface area contributed by atoms with Crippen molar-refractivity contribution in [2.24, 2.45) is 0 Å². The molecule has 20 heavy (non-hydrogen) atoms. The van der Waals surface area contributed by atoms with Gasteiger partial charge in [0.2, 0.25) is 0 Å². The van der Waals surface area contributed by atoms with Gasteiger partial charge in [-0.25, -0.2) is 4.39 Å². The van der Waals surface area contributed by atoms with E-state index in [1.165, 1.54) is 12.1 Å². The minimum Gasteiger partial charge on any atom is -0.388 e. The number of aryl methyl sites for hydroxylation is 2. The normalized spacial score (nSPS) is 12.7. The van der Waals surface area contributed by atoms with Crippen LogP contribution < -0.4 is 0 Å². The minimum atomic E-state index is -0.735. The van der Waals surface area contributed by atoms with Gasteiger partial charge in [0, 0.05) is 16.5 Å². The smallest absolute Gasteiger partial charge is 0.124 e. The Hall–Kier alpha value is -0.660. The van der Waals surface area contributed by atoms with Crippen molar-refractivity contribution in [2.45, 2.75) is 32.9 Å². The Morgan fingerprint density at radius 3 is 2.80 bits per heavy atom. The van der Waals surface area contributed by atoms with Gasteiger partial charge in [-0.05, 0) is 54.1 Å². The van der Waals surface area contributed by atoms with Gasteiger partial charge in [-0.1, -0.05) is 17.7 Å². The molecule has 1 N–H and O–H groups in total. The van der Waals surface area contributed by atoms with Gasteiger partial charge in [-0.2, -0.15) is 5.10 Å². The molecule has 1 heterocycles. The van der Waals surface area contributed by atoms with Crippen LogP contribution in [0.4, 0.5) is 4.39 Å². The molecule has 1 aromatic heterocycles.